The van der Waals surface area contributed by atoms with Crippen LogP contribution in [0.15, 0.2) is 0 Å². The van der Waals surface area contributed by atoms with Gasteiger partial charge in [-0.25, -0.2) is 0 Å². The fourth-order valence-corrected chi connectivity index (χ4v) is 3.05. The highest BCUT2D eigenvalue weighted by Gasteiger charge is 2.30. The van der Waals surface area contributed by atoms with Gasteiger partial charge >= 0.3 is 5.97 Å². The second-order valence-corrected chi connectivity index (χ2v) is 6.80. The van der Waals surface area contributed by atoms with Gasteiger partial charge in [-0.1, -0.05) is 64.7 Å². The van der Waals surface area contributed by atoms with Crippen molar-refractivity contribution in [2.45, 2.75) is 103 Å². The maximum atomic E-state index is 11.4. The van der Waals surface area contributed by atoms with Crippen molar-refractivity contribution in [1.29, 1.82) is 0 Å². The minimum absolute atomic E-state index is 0.291. The van der Waals surface area contributed by atoms with E-state index in [0.717, 1.165) is 12.8 Å². The van der Waals surface area contributed by atoms with E-state index in [2.05, 4.69) is 6.92 Å². The third-order valence-corrected chi connectivity index (χ3v) is 4.40. The third kappa shape index (κ3) is 10.7. The van der Waals surface area contributed by atoms with E-state index < -0.39 is 18.1 Å². The maximum Gasteiger partial charge on any atom is 0.322 e. The van der Waals surface area contributed by atoms with Gasteiger partial charge in [0.05, 0.1) is 6.17 Å². The Morgan fingerprint density at radius 3 is 1.70 bits per heavy atom. The normalized spacial score (nSPS) is 15.6. The molecule has 5 N–H and O–H groups in total. The second-order valence-electron chi connectivity index (χ2n) is 6.80. The number of nitrogens with zero attached hydrogens (tertiary/aromatic N) is 1. The molecule has 3 unspecified atom stereocenters. The molecule has 3 atom stereocenters. The highest BCUT2D eigenvalue weighted by molar-refractivity contribution is 5.74. The summed E-state index contributed by atoms with van der Waals surface area (Å²) in [5.74, 6) is -0.885. The number of unbranched alkanes of at least 4 members (excludes halogenated alkanes) is 9. The van der Waals surface area contributed by atoms with Gasteiger partial charge in [-0.3, -0.25) is 9.69 Å². The van der Waals surface area contributed by atoms with Gasteiger partial charge in [0.2, 0.25) is 0 Å². The average molecular weight is 330 g/mol. The first kappa shape index (κ1) is 22.4. The standard InChI is InChI=1S/C18H39N3O2/c1-4-5-6-7-8-9-10-11-12-13-14-21(16(3)20)17(15(2)19)18(22)23/h15-17H,4-14,19-20H2,1-3H3,(H,22,23). The number of carboxylic acid groups (broad SMARTS) is 1. The van der Waals surface area contributed by atoms with Crippen molar-refractivity contribution in [3.63, 3.8) is 0 Å². The number of hydrogen-bond donors (Lipinski definition) is 3. The van der Waals surface area contributed by atoms with Crippen LogP contribution in [0.2, 0.25) is 0 Å². The summed E-state index contributed by atoms with van der Waals surface area (Å²) in [4.78, 5) is 13.2. The molecular formula is C18H39N3O2. The van der Waals surface area contributed by atoms with E-state index in [0.29, 0.717) is 6.54 Å². The number of carboxylic acids is 1. The van der Waals surface area contributed by atoms with Crippen molar-refractivity contribution in [3.8, 4) is 0 Å². The summed E-state index contributed by atoms with van der Waals surface area (Å²) in [6, 6.07) is -1.13. The summed E-state index contributed by atoms with van der Waals surface area (Å²) < 4.78 is 0. The number of rotatable bonds is 15. The lowest BCUT2D eigenvalue weighted by Crippen LogP contribution is -2.57. The van der Waals surface area contributed by atoms with Crippen LogP contribution in [0, 0.1) is 0 Å². The Kier molecular flexibility index (Phi) is 13.4. The van der Waals surface area contributed by atoms with Crippen LogP contribution in [-0.2, 0) is 4.79 Å². The summed E-state index contributed by atoms with van der Waals surface area (Å²) in [7, 11) is 0. The van der Waals surface area contributed by atoms with Crippen molar-refractivity contribution < 1.29 is 9.90 Å². The molecule has 0 heterocycles. The first-order valence-electron chi connectivity index (χ1n) is 9.41. The molecule has 23 heavy (non-hydrogen) atoms. The quantitative estimate of drug-likeness (QED) is 0.316. The van der Waals surface area contributed by atoms with Gasteiger partial charge in [0, 0.05) is 12.6 Å². The summed E-state index contributed by atoms with van der Waals surface area (Å²) in [5, 5.41) is 9.35. The van der Waals surface area contributed by atoms with Gasteiger partial charge in [-0.05, 0) is 20.3 Å². The molecule has 0 amide bonds. The van der Waals surface area contributed by atoms with E-state index in [-0.39, 0.29) is 6.17 Å². The maximum absolute atomic E-state index is 11.4. The van der Waals surface area contributed by atoms with E-state index in [9.17, 15) is 9.90 Å². The molecular weight excluding hydrogens is 290 g/mol. The van der Waals surface area contributed by atoms with Crippen molar-refractivity contribution in [2.24, 2.45) is 11.5 Å². The first-order chi connectivity index (χ1) is 10.9. The van der Waals surface area contributed by atoms with Gasteiger partial charge in [0.25, 0.3) is 0 Å². The van der Waals surface area contributed by atoms with Gasteiger partial charge in [0.15, 0.2) is 0 Å². The lowest BCUT2D eigenvalue weighted by molar-refractivity contribution is -0.145. The van der Waals surface area contributed by atoms with Gasteiger partial charge < -0.3 is 16.6 Å². The number of carbonyl (C=O) groups is 1. The lowest BCUT2D eigenvalue weighted by Gasteiger charge is -2.34. The van der Waals surface area contributed by atoms with Crippen LogP contribution in [0.3, 0.4) is 0 Å². The highest BCUT2D eigenvalue weighted by Crippen LogP contribution is 2.13. The minimum atomic E-state index is -0.885. The summed E-state index contributed by atoms with van der Waals surface area (Å²) in [6.07, 6.45) is 12.4. The van der Waals surface area contributed by atoms with E-state index in [1.54, 1.807) is 6.92 Å². The highest BCUT2D eigenvalue weighted by atomic mass is 16.4. The van der Waals surface area contributed by atoms with Crippen LogP contribution in [0.4, 0.5) is 0 Å². The van der Waals surface area contributed by atoms with E-state index in [1.165, 1.54) is 51.4 Å². The molecule has 0 aromatic rings. The predicted octanol–water partition coefficient (Wildman–Crippen LogP) is 3.31. The summed E-state index contributed by atoms with van der Waals surface area (Å²) >= 11 is 0. The van der Waals surface area contributed by atoms with E-state index in [1.807, 2.05) is 11.8 Å². The van der Waals surface area contributed by atoms with Crippen LogP contribution in [0.1, 0.15) is 85.0 Å². The third-order valence-electron chi connectivity index (χ3n) is 4.40. The van der Waals surface area contributed by atoms with Crippen LogP contribution in [-0.4, -0.2) is 40.8 Å². The summed E-state index contributed by atoms with van der Waals surface area (Å²) in [6.45, 7) is 6.50. The topological polar surface area (TPSA) is 92.6 Å². The van der Waals surface area contributed by atoms with Crippen LogP contribution < -0.4 is 11.5 Å². The molecule has 0 aromatic heterocycles. The molecule has 0 fully saturated rings. The Labute approximate surface area is 142 Å². The molecule has 0 radical (unpaired) electrons. The molecule has 5 nitrogen and oxygen atoms in total. The molecule has 0 rings (SSSR count). The van der Waals surface area contributed by atoms with E-state index in [4.69, 9.17) is 11.5 Å². The molecule has 5 heteroatoms. The number of aliphatic carboxylic acids is 1. The van der Waals surface area contributed by atoms with Gasteiger partial charge in [-0.2, -0.15) is 0 Å². The molecule has 138 valence electrons. The monoisotopic (exact) mass is 329 g/mol. The first-order valence-corrected chi connectivity index (χ1v) is 9.41. The van der Waals surface area contributed by atoms with Gasteiger partial charge in [0.1, 0.15) is 6.04 Å². The minimum Gasteiger partial charge on any atom is -0.480 e. The molecule has 0 aliphatic heterocycles. The zero-order valence-electron chi connectivity index (χ0n) is 15.5. The predicted molar refractivity (Wildman–Crippen MR) is 97.3 cm³/mol. The Hall–Kier alpha value is -0.650. The largest absolute Gasteiger partial charge is 0.480 e. The van der Waals surface area contributed by atoms with Crippen LogP contribution in [0.25, 0.3) is 0 Å². The zero-order valence-corrected chi connectivity index (χ0v) is 15.5. The molecule has 0 saturated heterocycles. The fourth-order valence-electron chi connectivity index (χ4n) is 3.05. The Bertz CT molecular complexity index is 296. The van der Waals surface area contributed by atoms with Crippen molar-refractivity contribution in [1.82, 2.24) is 4.90 Å². The summed E-state index contributed by atoms with van der Waals surface area (Å²) in [5.41, 5.74) is 11.8. The van der Waals surface area contributed by atoms with Gasteiger partial charge in [-0.15, -0.1) is 0 Å². The molecule has 0 aromatic carbocycles. The fraction of sp³-hybridized carbons (Fsp3) is 0.944. The second kappa shape index (κ2) is 13.8. The SMILES string of the molecule is CCCCCCCCCCCCN(C(C)N)C(C(=O)O)C(C)N. The Balaban J connectivity index is 3.87. The Morgan fingerprint density at radius 2 is 1.35 bits per heavy atom. The molecule has 0 aliphatic rings. The molecule has 0 saturated carbocycles. The lowest BCUT2D eigenvalue weighted by atomic mass is 10.1. The molecule has 0 bridgehead atoms. The Morgan fingerprint density at radius 1 is 0.913 bits per heavy atom. The van der Waals surface area contributed by atoms with Crippen molar-refractivity contribution in [2.75, 3.05) is 6.54 Å². The van der Waals surface area contributed by atoms with E-state index >= 15 is 0 Å². The van der Waals surface area contributed by atoms with Crippen LogP contribution >= 0.6 is 0 Å². The number of nitrogens with two attached hydrogens (primary N) is 2. The zero-order chi connectivity index (χ0) is 17.7. The van der Waals surface area contributed by atoms with Crippen molar-refractivity contribution in [3.05, 3.63) is 0 Å². The smallest absolute Gasteiger partial charge is 0.322 e. The van der Waals surface area contributed by atoms with Crippen molar-refractivity contribution >= 4 is 5.97 Å². The molecule has 0 aliphatic carbocycles. The van der Waals surface area contributed by atoms with Crippen LogP contribution in [0.5, 0.6) is 0 Å². The number of hydrogen-bond acceptors (Lipinski definition) is 4. The average Bonchev–Trinajstić information content (AvgIpc) is 2.46. The molecule has 0 spiro atoms.